The summed E-state index contributed by atoms with van der Waals surface area (Å²) in [5.41, 5.74) is -8.67. The van der Waals surface area contributed by atoms with Gasteiger partial charge in [-0.15, -0.1) is 0 Å². The van der Waals surface area contributed by atoms with E-state index in [1.54, 1.807) is 0 Å². The second-order valence-corrected chi connectivity index (χ2v) is 4.19. The van der Waals surface area contributed by atoms with E-state index in [0.29, 0.717) is 0 Å². The lowest BCUT2D eigenvalue weighted by Crippen LogP contribution is -2.72. The monoisotopic (exact) mass is 419 g/mol. The summed E-state index contributed by atoms with van der Waals surface area (Å²) in [6, 6.07) is 0. The van der Waals surface area contributed by atoms with Gasteiger partial charge in [0.15, 0.2) is 0 Å². The fourth-order valence-electron chi connectivity index (χ4n) is 1.72. The highest BCUT2D eigenvalue weighted by atomic mass is 19.4. The Labute approximate surface area is 124 Å². The van der Waals surface area contributed by atoms with Gasteiger partial charge in [-0.3, -0.25) is 0 Å². The van der Waals surface area contributed by atoms with Crippen LogP contribution in [-0.2, 0) is 0 Å². The van der Waals surface area contributed by atoms with Gasteiger partial charge in [0.25, 0.3) is 5.92 Å². The summed E-state index contributed by atoms with van der Waals surface area (Å²) in [5, 5.41) is 0. The minimum Gasteiger partial charge on any atom is -0.204 e. The molecular formula is C8F17. The first kappa shape index (κ1) is 23.8. The van der Waals surface area contributed by atoms with Crippen molar-refractivity contribution in [1.82, 2.24) is 0 Å². The number of alkyl halides is 17. The van der Waals surface area contributed by atoms with Crippen molar-refractivity contribution in [3.63, 3.8) is 0 Å². The number of halogens is 17. The second kappa shape index (κ2) is 5.65. The zero-order chi connectivity index (χ0) is 21.1. The smallest absolute Gasteiger partial charge is 0.204 e. The predicted octanol–water partition coefficient (Wildman–Crippen LogP) is 5.99. The standard InChI is InChI=1S/C8F17/c9-2(10,1(3(11,12)13)4(14,15)16)5(6(17,18)19,7(20,21)22)8(23,24)25. The third-order valence-corrected chi connectivity index (χ3v) is 2.63. The number of hydrogen-bond acceptors (Lipinski definition) is 0. The quantitative estimate of drug-likeness (QED) is 0.483. The molecule has 17 heteroatoms. The van der Waals surface area contributed by atoms with Crippen LogP contribution in [0.1, 0.15) is 0 Å². The third kappa shape index (κ3) is 3.54. The Hall–Kier alpha value is -1.19. The van der Waals surface area contributed by atoms with Gasteiger partial charge in [-0.05, 0) is 0 Å². The molecule has 0 aliphatic rings. The minimum absolute atomic E-state index is 5.81. The van der Waals surface area contributed by atoms with E-state index in [0.717, 1.165) is 0 Å². The van der Waals surface area contributed by atoms with Gasteiger partial charge < -0.3 is 0 Å². The van der Waals surface area contributed by atoms with Crippen molar-refractivity contribution in [2.24, 2.45) is 5.41 Å². The minimum atomic E-state index is -8.67. The fourth-order valence-corrected chi connectivity index (χ4v) is 1.72. The highest BCUT2D eigenvalue weighted by Gasteiger charge is 2.97. The van der Waals surface area contributed by atoms with E-state index < -0.39 is 48.1 Å². The van der Waals surface area contributed by atoms with Gasteiger partial charge in [0, 0.05) is 0 Å². The summed E-state index contributed by atoms with van der Waals surface area (Å²) >= 11 is 0. The van der Waals surface area contributed by atoms with Crippen LogP contribution in [0.25, 0.3) is 0 Å². The first-order chi connectivity index (χ1) is 10.4. The molecule has 151 valence electrons. The van der Waals surface area contributed by atoms with Crippen molar-refractivity contribution < 1.29 is 74.6 Å². The van der Waals surface area contributed by atoms with Gasteiger partial charge in [-0.2, -0.15) is 65.9 Å². The molecule has 0 N–H and O–H groups in total. The van der Waals surface area contributed by atoms with E-state index in [9.17, 15) is 74.6 Å². The third-order valence-electron chi connectivity index (χ3n) is 2.63. The van der Waals surface area contributed by atoms with Crippen LogP contribution in [0, 0.1) is 11.3 Å². The van der Waals surface area contributed by atoms with E-state index >= 15 is 0 Å². The summed E-state index contributed by atoms with van der Waals surface area (Å²) in [6.45, 7) is 0. The molecule has 0 unspecified atom stereocenters. The SMILES string of the molecule is FC(F)(F)[C](C(F)(F)F)C(F)(F)C(C(F)(F)F)(C(F)(F)F)C(F)(F)F. The summed E-state index contributed by atoms with van der Waals surface area (Å²) in [4.78, 5) is 0. The Kier molecular flexibility index (Phi) is 5.38. The van der Waals surface area contributed by atoms with E-state index in [-0.39, 0.29) is 0 Å². The molecule has 0 amide bonds. The van der Waals surface area contributed by atoms with Crippen molar-refractivity contribution in [1.29, 1.82) is 0 Å². The Morgan fingerprint density at radius 1 is 0.360 bits per heavy atom. The van der Waals surface area contributed by atoms with Crippen molar-refractivity contribution in [3.8, 4) is 0 Å². The topological polar surface area (TPSA) is 0 Å². The molecule has 0 saturated heterocycles. The Morgan fingerprint density at radius 3 is 0.680 bits per heavy atom. The Balaban J connectivity index is 7.28. The molecule has 0 aromatic rings. The van der Waals surface area contributed by atoms with Crippen molar-refractivity contribution in [2.75, 3.05) is 0 Å². The molecule has 0 bridgehead atoms. The largest absolute Gasteiger partial charge is 0.418 e. The van der Waals surface area contributed by atoms with Crippen LogP contribution in [0.4, 0.5) is 74.6 Å². The lowest BCUT2D eigenvalue weighted by Gasteiger charge is -2.45. The van der Waals surface area contributed by atoms with Gasteiger partial charge in [0.05, 0.1) is 0 Å². The molecular weight excluding hydrogens is 419 g/mol. The lowest BCUT2D eigenvalue weighted by atomic mass is 9.72. The highest BCUT2D eigenvalue weighted by Crippen LogP contribution is 2.71. The van der Waals surface area contributed by atoms with E-state index in [4.69, 9.17) is 0 Å². The lowest BCUT2D eigenvalue weighted by molar-refractivity contribution is -0.480. The average Bonchev–Trinajstić information content (AvgIpc) is 1.99. The maximum absolute atomic E-state index is 13.3. The summed E-state index contributed by atoms with van der Waals surface area (Å²) in [7, 11) is 0. The molecule has 0 saturated carbocycles. The molecule has 1 radical (unpaired) electrons. The van der Waals surface area contributed by atoms with Crippen LogP contribution < -0.4 is 0 Å². The normalized spacial score (nSPS) is 16.6. The summed E-state index contributed by atoms with van der Waals surface area (Å²) in [5.74, 6) is -14.4. The van der Waals surface area contributed by atoms with Crippen molar-refractivity contribution in [2.45, 2.75) is 36.8 Å². The van der Waals surface area contributed by atoms with Crippen LogP contribution in [0.3, 0.4) is 0 Å². The first-order valence-corrected chi connectivity index (χ1v) is 4.96. The zero-order valence-corrected chi connectivity index (χ0v) is 10.4. The summed E-state index contributed by atoms with van der Waals surface area (Å²) < 4.78 is 210. The molecule has 0 spiro atoms. The number of hydrogen-bond donors (Lipinski definition) is 0. The van der Waals surface area contributed by atoms with Gasteiger partial charge in [0.2, 0.25) is 0 Å². The van der Waals surface area contributed by atoms with Crippen molar-refractivity contribution >= 4 is 0 Å². The van der Waals surface area contributed by atoms with Gasteiger partial charge >= 0.3 is 42.2 Å². The Morgan fingerprint density at radius 2 is 0.560 bits per heavy atom. The van der Waals surface area contributed by atoms with Gasteiger partial charge in [-0.25, -0.2) is 8.78 Å². The maximum atomic E-state index is 13.3. The molecule has 25 heavy (non-hydrogen) atoms. The Bertz CT molecular complexity index is 413. The second-order valence-electron chi connectivity index (χ2n) is 4.19. The predicted molar refractivity (Wildman–Crippen MR) is 40.9 cm³/mol. The summed E-state index contributed by atoms with van der Waals surface area (Å²) in [6.07, 6.45) is -40.4. The zero-order valence-electron chi connectivity index (χ0n) is 10.4. The molecule has 0 atom stereocenters. The van der Waals surface area contributed by atoms with Crippen LogP contribution in [-0.4, -0.2) is 36.8 Å². The first-order valence-electron chi connectivity index (χ1n) is 4.96. The van der Waals surface area contributed by atoms with Crippen LogP contribution in [0.5, 0.6) is 0 Å². The molecule has 0 aliphatic carbocycles. The van der Waals surface area contributed by atoms with E-state index in [1.165, 1.54) is 0 Å². The van der Waals surface area contributed by atoms with Gasteiger partial charge in [-0.1, -0.05) is 0 Å². The molecule has 0 rings (SSSR count). The average molecular weight is 419 g/mol. The van der Waals surface area contributed by atoms with E-state index in [2.05, 4.69) is 0 Å². The van der Waals surface area contributed by atoms with Crippen LogP contribution in [0.2, 0.25) is 0 Å². The number of rotatable bonds is 2. The molecule has 0 nitrogen and oxygen atoms in total. The molecule has 0 heterocycles. The fraction of sp³-hybridized carbons (Fsp3) is 0.875. The van der Waals surface area contributed by atoms with Crippen molar-refractivity contribution in [3.05, 3.63) is 5.92 Å². The molecule has 0 aromatic heterocycles. The highest BCUT2D eigenvalue weighted by molar-refractivity contribution is 5.25. The maximum Gasteiger partial charge on any atom is 0.418 e. The molecule has 0 aliphatic heterocycles. The molecule has 0 fully saturated rings. The van der Waals surface area contributed by atoms with Gasteiger partial charge in [0.1, 0.15) is 0 Å². The van der Waals surface area contributed by atoms with Crippen LogP contribution >= 0.6 is 0 Å². The van der Waals surface area contributed by atoms with E-state index in [1.807, 2.05) is 0 Å². The van der Waals surface area contributed by atoms with Crippen LogP contribution in [0.15, 0.2) is 0 Å². The molecule has 0 aromatic carbocycles.